The van der Waals surface area contributed by atoms with Gasteiger partial charge < -0.3 is 39.9 Å². The highest BCUT2D eigenvalue weighted by Crippen LogP contribution is 2.47. The molecule has 0 spiro atoms. The number of unbranched alkanes of at least 4 members (excludes halogenated alkanes) is 15. The molecular formula is C47H81O13P. The van der Waals surface area contributed by atoms with E-state index in [0.717, 1.165) is 51.4 Å². The molecule has 14 heteroatoms. The first-order valence-corrected chi connectivity index (χ1v) is 24.6. The molecule has 0 saturated heterocycles. The summed E-state index contributed by atoms with van der Waals surface area (Å²) in [5, 5.41) is 50.1. The van der Waals surface area contributed by atoms with Crippen molar-refractivity contribution in [2.75, 3.05) is 13.2 Å². The molecule has 1 saturated carbocycles. The van der Waals surface area contributed by atoms with E-state index in [-0.39, 0.29) is 12.8 Å². The van der Waals surface area contributed by atoms with Crippen LogP contribution in [0.2, 0.25) is 0 Å². The van der Waals surface area contributed by atoms with E-state index in [4.69, 9.17) is 18.5 Å². The van der Waals surface area contributed by atoms with Crippen molar-refractivity contribution < 1.29 is 63.1 Å². The van der Waals surface area contributed by atoms with Crippen molar-refractivity contribution in [1.82, 2.24) is 0 Å². The summed E-state index contributed by atoms with van der Waals surface area (Å²) in [6.45, 7) is 3.17. The molecule has 352 valence electrons. The van der Waals surface area contributed by atoms with Gasteiger partial charge in [0.05, 0.1) is 6.61 Å². The second-order valence-electron chi connectivity index (χ2n) is 15.9. The van der Waals surface area contributed by atoms with Gasteiger partial charge in [0, 0.05) is 12.8 Å². The Morgan fingerprint density at radius 1 is 0.508 bits per heavy atom. The number of allylic oxidation sites excluding steroid dienone is 10. The topological polar surface area (TPSA) is 210 Å². The number of hydrogen-bond donors (Lipinski definition) is 6. The molecule has 0 aromatic carbocycles. The Bertz CT molecular complexity index is 1300. The Balaban J connectivity index is 2.52. The van der Waals surface area contributed by atoms with Gasteiger partial charge in [-0.25, -0.2) is 4.57 Å². The van der Waals surface area contributed by atoms with Crippen molar-refractivity contribution in [3.63, 3.8) is 0 Å². The molecule has 0 bridgehead atoms. The number of carbonyl (C=O) groups excluding carboxylic acids is 2. The molecule has 0 aromatic rings. The lowest BCUT2D eigenvalue weighted by atomic mass is 9.85. The first-order valence-electron chi connectivity index (χ1n) is 23.1. The van der Waals surface area contributed by atoms with Crippen LogP contribution in [0.1, 0.15) is 168 Å². The van der Waals surface area contributed by atoms with Crippen LogP contribution in [0.4, 0.5) is 0 Å². The maximum absolute atomic E-state index is 12.8. The predicted octanol–water partition coefficient (Wildman–Crippen LogP) is 8.94. The molecule has 6 atom stereocenters. The number of ether oxygens (including phenoxy) is 2. The van der Waals surface area contributed by atoms with Crippen molar-refractivity contribution in [1.29, 1.82) is 0 Å². The summed E-state index contributed by atoms with van der Waals surface area (Å²) in [6, 6.07) is 0. The average Bonchev–Trinajstić information content (AvgIpc) is 3.24. The van der Waals surface area contributed by atoms with Gasteiger partial charge in [0.25, 0.3) is 0 Å². The molecule has 61 heavy (non-hydrogen) atoms. The van der Waals surface area contributed by atoms with E-state index in [1.807, 2.05) is 18.2 Å². The van der Waals surface area contributed by atoms with Crippen LogP contribution in [0.15, 0.2) is 60.8 Å². The van der Waals surface area contributed by atoms with E-state index in [2.05, 4.69) is 56.4 Å². The molecule has 1 fully saturated rings. The quantitative estimate of drug-likeness (QED) is 0.0149. The molecule has 0 heterocycles. The number of hydrogen-bond acceptors (Lipinski definition) is 12. The first kappa shape index (κ1) is 56.6. The molecule has 13 nitrogen and oxygen atoms in total. The maximum atomic E-state index is 12.8. The minimum atomic E-state index is -5.14. The van der Waals surface area contributed by atoms with Crippen molar-refractivity contribution in [3.8, 4) is 0 Å². The number of phosphoric acid groups is 1. The predicted molar refractivity (Wildman–Crippen MR) is 239 cm³/mol. The Morgan fingerprint density at radius 3 is 1.38 bits per heavy atom. The van der Waals surface area contributed by atoms with Gasteiger partial charge in [-0.15, -0.1) is 0 Å². The van der Waals surface area contributed by atoms with E-state index in [1.165, 1.54) is 70.6 Å². The Hall–Kier alpha value is -2.45. The third-order valence-electron chi connectivity index (χ3n) is 10.4. The Labute approximate surface area is 366 Å². The lowest BCUT2D eigenvalue weighted by Gasteiger charge is -2.41. The van der Waals surface area contributed by atoms with Gasteiger partial charge >= 0.3 is 19.8 Å². The number of aliphatic hydroxyl groups is 5. The second-order valence-corrected chi connectivity index (χ2v) is 17.3. The summed E-state index contributed by atoms with van der Waals surface area (Å²) in [6.07, 6.45) is 31.4. The molecule has 1 aliphatic carbocycles. The van der Waals surface area contributed by atoms with E-state index in [0.29, 0.717) is 19.3 Å². The zero-order valence-corrected chi connectivity index (χ0v) is 38.1. The number of rotatable bonds is 37. The van der Waals surface area contributed by atoms with Crippen LogP contribution < -0.4 is 0 Å². The van der Waals surface area contributed by atoms with E-state index < -0.39 is 75.7 Å². The number of carbonyl (C=O) groups is 2. The maximum Gasteiger partial charge on any atom is 0.472 e. The number of aliphatic hydroxyl groups excluding tert-OH is 5. The molecule has 1 aliphatic rings. The third kappa shape index (κ3) is 29.5. The minimum absolute atomic E-state index is 0.0275. The number of phosphoric ester groups is 1. The summed E-state index contributed by atoms with van der Waals surface area (Å²) >= 11 is 0. The molecule has 0 aromatic heterocycles. The van der Waals surface area contributed by atoms with Crippen LogP contribution in [0.5, 0.6) is 0 Å². The fourth-order valence-corrected chi connectivity index (χ4v) is 7.60. The average molecular weight is 885 g/mol. The zero-order valence-electron chi connectivity index (χ0n) is 37.2. The van der Waals surface area contributed by atoms with Crippen LogP contribution >= 0.6 is 7.82 Å². The Kier molecular flexibility index (Phi) is 34.3. The molecule has 6 N–H and O–H groups in total. The van der Waals surface area contributed by atoms with Gasteiger partial charge in [0.1, 0.15) is 43.2 Å². The van der Waals surface area contributed by atoms with E-state index in [9.17, 15) is 44.6 Å². The lowest BCUT2D eigenvalue weighted by molar-refractivity contribution is -0.220. The lowest BCUT2D eigenvalue weighted by Crippen LogP contribution is -2.64. The monoisotopic (exact) mass is 885 g/mol. The van der Waals surface area contributed by atoms with E-state index in [1.54, 1.807) is 0 Å². The van der Waals surface area contributed by atoms with Crippen LogP contribution in [0.25, 0.3) is 0 Å². The van der Waals surface area contributed by atoms with Crippen LogP contribution in [0, 0.1) is 0 Å². The fraction of sp³-hybridized carbons (Fsp3) is 0.745. The smallest absolute Gasteiger partial charge is 0.462 e. The van der Waals surface area contributed by atoms with Crippen molar-refractivity contribution in [2.45, 2.75) is 211 Å². The van der Waals surface area contributed by atoms with Crippen LogP contribution in [-0.4, -0.2) is 98.3 Å². The van der Waals surface area contributed by atoms with Gasteiger partial charge in [-0.1, -0.05) is 171 Å². The standard InChI is InChI=1S/C47H81O13P/c1-3-5-7-9-11-13-15-17-19-20-22-24-26-28-30-32-34-36-41(49)59-39(38-58-61(55,56)60-47-45(53)43(51)42(50)44(52)46(47)54)37-57-40(48)35-33-31-29-27-25-23-21-18-16-14-12-10-8-6-4-2/h7,9,13,15,19-20,24,26,30,32,39,42-47,50-54H,3-6,8,10-12,14,16-18,21-23,25,27-29,31,33-38H2,1-2H3,(H,55,56). The molecule has 1 rings (SSSR count). The summed E-state index contributed by atoms with van der Waals surface area (Å²) in [5.74, 6) is -1.20. The summed E-state index contributed by atoms with van der Waals surface area (Å²) < 4.78 is 33.4. The summed E-state index contributed by atoms with van der Waals surface area (Å²) in [4.78, 5) is 35.6. The molecule has 0 aliphatic heterocycles. The van der Waals surface area contributed by atoms with Crippen molar-refractivity contribution in [3.05, 3.63) is 60.8 Å². The van der Waals surface area contributed by atoms with Gasteiger partial charge in [-0.05, 0) is 44.9 Å². The van der Waals surface area contributed by atoms with Crippen molar-refractivity contribution in [2.24, 2.45) is 0 Å². The van der Waals surface area contributed by atoms with Gasteiger partial charge in [0.2, 0.25) is 0 Å². The minimum Gasteiger partial charge on any atom is -0.462 e. The third-order valence-corrected chi connectivity index (χ3v) is 11.3. The second kappa shape index (κ2) is 37.0. The van der Waals surface area contributed by atoms with Gasteiger partial charge in [-0.3, -0.25) is 18.6 Å². The highest BCUT2D eigenvalue weighted by Gasteiger charge is 2.51. The van der Waals surface area contributed by atoms with Gasteiger partial charge in [-0.2, -0.15) is 0 Å². The van der Waals surface area contributed by atoms with Gasteiger partial charge in [0.15, 0.2) is 6.10 Å². The molecule has 0 radical (unpaired) electrons. The molecule has 6 unspecified atom stereocenters. The Morgan fingerprint density at radius 2 is 0.918 bits per heavy atom. The fourth-order valence-electron chi connectivity index (χ4n) is 6.63. The van der Waals surface area contributed by atoms with Crippen molar-refractivity contribution >= 4 is 19.8 Å². The molecule has 0 amide bonds. The SMILES string of the molecule is CCCC=CCC=CCC=CCC=CCC=CCCC(=O)OC(COC(=O)CCCCCCCCCCCCCCCCC)COP(=O)(O)OC1C(O)C(O)C(O)C(O)C1O. The largest absolute Gasteiger partial charge is 0.472 e. The van der Waals surface area contributed by atoms with Crippen LogP contribution in [0.3, 0.4) is 0 Å². The van der Waals surface area contributed by atoms with E-state index >= 15 is 0 Å². The molecular weight excluding hydrogens is 803 g/mol. The van der Waals surface area contributed by atoms with Crippen LogP contribution in [-0.2, 0) is 32.7 Å². The summed E-state index contributed by atoms with van der Waals surface area (Å²) in [5.41, 5.74) is 0. The summed E-state index contributed by atoms with van der Waals surface area (Å²) in [7, 11) is -5.14. The zero-order chi connectivity index (χ0) is 45.0. The first-order chi connectivity index (χ1) is 29.4. The normalized spacial score (nSPS) is 22.6. The highest BCUT2D eigenvalue weighted by atomic mass is 31.2. The number of esters is 2. The highest BCUT2D eigenvalue weighted by molar-refractivity contribution is 7.47.